The summed E-state index contributed by atoms with van der Waals surface area (Å²) >= 11 is 0. The number of esters is 5. The Kier molecular flexibility index (Phi) is 14.2. The molecule has 0 spiro atoms. The molecule has 2 aliphatic heterocycles. The van der Waals surface area contributed by atoms with Crippen LogP contribution in [-0.2, 0) is 62.0 Å². The van der Waals surface area contributed by atoms with Gasteiger partial charge in [0, 0.05) is 56.4 Å². The van der Waals surface area contributed by atoms with Crippen LogP contribution in [-0.4, -0.2) is 129 Å². The fraction of sp³-hybridized carbons (Fsp3) is 0.426. The average Bonchev–Trinajstić information content (AvgIpc) is 3.68. The van der Waals surface area contributed by atoms with E-state index in [1.165, 1.54) is 52.0 Å². The van der Waals surface area contributed by atoms with Gasteiger partial charge in [-0.15, -0.1) is 0 Å². The average molecular weight is 1010 g/mol. The van der Waals surface area contributed by atoms with Gasteiger partial charge >= 0.3 is 29.8 Å². The van der Waals surface area contributed by atoms with Crippen LogP contribution in [0.4, 0.5) is 0 Å². The van der Waals surface area contributed by atoms with Gasteiger partial charge in [0.25, 0.3) is 17.7 Å². The number of rotatable bonds is 14. The first kappa shape index (κ1) is 52.0. The van der Waals surface area contributed by atoms with E-state index < -0.39 is 143 Å². The Morgan fingerprint density at radius 3 is 1.96 bits per heavy atom. The Morgan fingerprint density at radius 1 is 0.808 bits per heavy atom. The summed E-state index contributed by atoms with van der Waals surface area (Å²) in [5.74, 6) is -9.76. The summed E-state index contributed by atoms with van der Waals surface area (Å²) in [4.78, 5) is 125. The quantitative estimate of drug-likeness (QED) is 0.0901. The third kappa shape index (κ3) is 9.25. The van der Waals surface area contributed by atoms with E-state index >= 15 is 9.59 Å². The number of fused-ring (bicyclic) bond motifs is 5. The number of ether oxygens (including phenoxy) is 6. The molecule has 3 aromatic rings. The molecule has 0 aromatic heterocycles. The van der Waals surface area contributed by atoms with Crippen molar-refractivity contribution in [1.29, 1.82) is 0 Å². The van der Waals surface area contributed by atoms with Crippen molar-refractivity contribution in [1.82, 2.24) is 10.2 Å². The highest BCUT2D eigenvalue weighted by molar-refractivity contribution is 6.13. The van der Waals surface area contributed by atoms with Crippen LogP contribution < -0.4 is 5.32 Å². The Balaban J connectivity index is 1.28. The van der Waals surface area contributed by atoms with Crippen LogP contribution in [0.1, 0.15) is 93.1 Å². The van der Waals surface area contributed by atoms with Crippen molar-refractivity contribution in [2.45, 2.75) is 115 Å². The summed E-state index contributed by atoms with van der Waals surface area (Å²) in [6, 6.07) is 22.2. The van der Waals surface area contributed by atoms with Gasteiger partial charge in [-0.25, -0.2) is 9.59 Å². The zero-order valence-corrected chi connectivity index (χ0v) is 40.9. The lowest BCUT2D eigenvalue weighted by atomic mass is 9.44. The van der Waals surface area contributed by atoms with E-state index in [9.17, 15) is 43.8 Å². The number of carbonyl (C=O) groups is 9. The summed E-state index contributed by atoms with van der Waals surface area (Å²) in [5, 5.41) is 28.9. The number of Topliss-reactive ketones (excluding diaryl/α,β-unsaturated/α-hetero) is 1. The summed E-state index contributed by atoms with van der Waals surface area (Å²) in [5.41, 5.74) is -7.82. The van der Waals surface area contributed by atoms with E-state index in [-0.39, 0.29) is 40.9 Å². The van der Waals surface area contributed by atoms with Crippen LogP contribution in [0.2, 0.25) is 0 Å². The monoisotopic (exact) mass is 1000 g/mol. The molecule has 3 amide bonds. The van der Waals surface area contributed by atoms with E-state index in [4.69, 9.17) is 28.4 Å². The van der Waals surface area contributed by atoms with Crippen LogP contribution >= 0.6 is 0 Å². The minimum atomic E-state index is -2.51. The molecule has 3 aromatic carbocycles. The lowest BCUT2D eigenvalue weighted by Crippen LogP contribution is -2.82. The molecular formula is C54H56N2O17. The molecule has 73 heavy (non-hydrogen) atoms. The maximum absolute atomic E-state index is 15.7. The zero-order chi connectivity index (χ0) is 52.8. The highest BCUT2D eigenvalue weighted by atomic mass is 16.6. The molecule has 8 rings (SSSR count). The predicted octanol–water partition coefficient (Wildman–Crippen LogP) is 3.60. The van der Waals surface area contributed by atoms with E-state index in [2.05, 4.69) is 5.32 Å². The number of carbonyl (C=O) groups excluding carboxylic acids is 9. The summed E-state index contributed by atoms with van der Waals surface area (Å²) < 4.78 is 36.6. The van der Waals surface area contributed by atoms with E-state index in [1.807, 2.05) is 0 Å². The molecule has 3 fully saturated rings. The number of imide groups is 1. The molecule has 19 heteroatoms. The van der Waals surface area contributed by atoms with Crippen molar-refractivity contribution in [3.8, 4) is 0 Å². The van der Waals surface area contributed by atoms with Gasteiger partial charge in [0.2, 0.25) is 6.10 Å². The topological polar surface area (TPSA) is 265 Å². The minimum absolute atomic E-state index is 0.0192. The fourth-order valence-electron chi connectivity index (χ4n) is 11.3. The molecule has 3 N–H and O–H groups in total. The van der Waals surface area contributed by atoms with Crippen molar-refractivity contribution < 1.29 is 81.8 Å². The first-order chi connectivity index (χ1) is 34.5. The normalized spacial score (nSPS) is 29.7. The van der Waals surface area contributed by atoms with Crippen LogP contribution in [0.15, 0.2) is 114 Å². The summed E-state index contributed by atoms with van der Waals surface area (Å²) in [6.07, 6.45) is -9.70. The molecule has 2 heterocycles. The predicted molar refractivity (Wildman–Crippen MR) is 252 cm³/mol. The van der Waals surface area contributed by atoms with Crippen LogP contribution in [0, 0.1) is 16.7 Å². The van der Waals surface area contributed by atoms with Crippen molar-refractivity contribution >= 4 is 53.4 Å². The second-order valence-electron chi connectivity index (χ2n) is 19.7. The minimum Gasteiger partial charge on any atom is -0.455 e. The van der Waals surface area contributed by atoms with Gasteiger partial charge in [-0.2, -0.15) is 0 Å². The standard InChI is InChI=1S/C54H56N2O17/c1-29-35(70-50(66)44(71-40(62)24-25-56-38(60)22-23-39(56)61)42(32-16-10-7-11-17-32)55-48(64)33-18-12-8-13-19-33)27-54(67)47(72-49(65)34-20-14-9-15-21-34)45-52(6,36(59)26-37-53(45,28-68-37)73-31(3)58)46(63)43(69-30(2)57)41(29)51(54,4)5/h7-23,35-37,42-45,47,59,67H,24-28H2,1-6H3,(H,55,64)/t35-,36-,37+,42-,43+,44+,45?,47-,52+,53-,54+/m0/s1. The van der Waals surface area contributed by atoms with Crippen molar-refractivity contribution in [3.63, 3.8) is 0 Å². The van der Waals surface area contributed by atoms with Gasteiger partial charge in [0.05, 0.1) is 36.0 Å². The maximum atomic E-state index is 15.7. The molecule has 0 radical (unpaired) electrons. The smallest absolute Gasteiger partial charge is 0.350 e. The fourth-order valence-corrected chi connectivity index (χ4v) is 11.3. The number of hydrogen-bond donors (Lipinski definition) is 3. The van der Waals surface area contributed by atoms with Crippen LogP contribution in [0.25, 0.3) is 0 Å². The Bertz CT molecular complexity index is 2780. The van der Waals surface area contributed by atoms with Crippen molar-refractivity contribution in [2.24, 2.45) is 16.7 Å². The number of aliphatic hydroxyl groups excluding tert-OH is 1. The molecule has 11 atom stereocenters. The molecule has 5 aliphatic rings. The third-order valence-corrected chi connectivity index (χ3v) is 15.2. The van der Waals surface area contributed by atoms with Crippen LogP contribution in [0.5, 0.6) is 0 Å². The summed E-state index contributed by atoms with van der Waals surface area (Å²) in [6.45, 7) is 7.26. The second kappa shape index (κ2) is 19.9. The molecule has 1 saturated heterocycles. The highest BCUT2D eigenvalue weighted by Gasteiger charge is 2.78. The van der Waals surface area contributed by atoms with Crippen molar-refractivity contribution in [2.75, 3.05) is 13.2 Å². The molecule has 2 saturated carbocycles. The second-order valence-corrected chi connectivity index (χ2v) is 19.7. The van der Waals surface area contributed by atoms with E-state index in [0.29, 0.717) is 0 Å². The highest BCUT2D eigenvalue weighted by Crippen LogP contribution is 2.64. The Labute approximate surface area is 419 Å². The van der Waals surface area contributed by atoms with Crippen LogP contribution in [0.3, 0.4) is 0 Å². The number of nitrogens with zero attached hydrogens (tertiary/aromatic N) is 1. The first-order valence-corrected chi connectivity index (χ1v) is 23.8. The largest absolute Gasteiger partial charge is 0.455 e. The summed E-state index contributed by atoms with van der Waals surface area (Å²) in [7, 11) is 0. The number of nitrogens with one attached hydrogen (secondary N) is 1. The molecular weight excluding hydrogens is 949 g/mol. The molecule has 384 valence electrons. The molecule has 3 aliphatic carbocycles. The van der Waals surface area contributed by atoms with Gasteiger partial charge in [0.1, 0.15) is 30.0 Å². The Morgan fingerprint density at radius 2 is 1.40 bits per heavy atom. The lowest BCUT2D eigenvalue weighted by molar-refractivity contribution is -0.346. The van der Waals surface area contributed by atoms with Gasteiger partial charge in [0.15, 0.2) is 17.5 Å². The number of aliphatic hydroxyl groups is 2. The lowest BCUT2D eigenvalue weighted by Gasteiger charge is -2.67. The van der Waals surface area contributed by atoms with E-state index in [0.717, 1.165) is 30.9 Å². The van der Waals surface area contributed by atoms with Crippen molar-refractivity contribution in [3.05, 3.63) is 131 Å². The number of amides is 3. The zero-order valence-electron chi connectivity index (χ0n) is 40.9. The number of hydrogen-bond acceptors (Lipinski definition) is 17. The number of benzene rings is 3. The first-order valence-electron chi connectivity index (χ1n) is 23.8. The van der Waals surface area contributed by atoms with Gasteiger partial charge < -0.3 is 44.0 Å². The Hall–Kier alpha value is -7.35. The maximum Gasteiger partial charge on any atom is 0.350 e. The third-order valence-electron chi connectivity index (χ3n) is 15.2. The van der Waals surface area contributed by atoms with Gasteiger partial charge in [-0.1, -0.05) is 80.6 Å². The molecule has 2 bridgehead atoms. The molecule has 19 nitrogen and oxygen atoms in total. The number of ketones is 1. The SMILES string of the molecule is CC(=O)O[C@H]1C(=O)[C@@]2(C)C([C@H](OC(=O)c3ccccc3)[C@]3(O)C[C@H](OC(=O)[C@H](OC(=O)CCN4C(=O)C=CC4=O)[C@@H](NC(=O)c4ccccc4)c4ccccc4)C(C)=C1C3(C)C)[C@]1(OC(C)=O)CO[C@@H]1C[C@@H]2O. The molecule has 1 unspecified atom stereocenters. The van der Waals surface area contributed by atoms with Gasteiger partial charge in [-0.3, -0.25) is 38.5 Å². The van der Waals surface area contributed by atoms with E-state index in [1.54, 1.807) is 66.7 Å². The van der Waals surface area contributed by atoms with Gasteiger partial charge in [-0.05, 0) is 54.8 Å².